The normalized spacial score (nSPS) is 24.4. The van der Waals surface area contributed by atoms with Crippen LogP contribution in [-0.2, 0) is 15.0 Å². The highest BCUT2D eigenvalue weighted by atomic mass is 35.5. The number of hydrogen-bond acceptors (Lipinski definition) is 5. The Kier molecular flexibility index (Phi) is 7.29. The van der Waals surface area contributed by atoms with E-state index in [1.54, 1.807) is 11.1 Å². The molecule has 1 N–H and O–H groups in total. The quantitative estimate of drug-likeness (QED) is 0.483. The number of fused-ring (bicyclic) bond motifs is 3. The van der Waals surface area contributed by atoms with Crippen molar-refractivity contribution in [3.63, 3.8) is 0 Å². The lowest BCUT2D eigenvalue weighted by Gasteiger charge is -2.54. The molecular weight excluding hydrogens is 521 g/mol. The molecular formula is C29H33Cl2N5O2. The summed E-state index contributed by atoms with van der Waals surface area (Å²) in [5.74, 6) is 0.301. The van der Waals surface area contributed by atoms with Crippen molar-refractivity contribution in [1.29, 1.82) is 0 Å². The van der Waals surface area contributed by atoms with E-state index in [1.165, 1.54) is 0 Å². The highest BCUT2D eigenvalue weighted by molar-refractivity contribution is 6.31. The zero-order valence-electron chi connectivity index (χ0n) is 22.0. The largest absolute Gasteiger partial charge is 0.341 e. The summed E-state index contributed by atoms with van der Waals surface area (Å²) >= 11 is 12.8. The van der Waals surface area contributed by atoms with Crippen LogP contribution in [0.1, 0.15) is 43.2 Å². The van der Waals surface area contributed by atoms with Crippen molar-refractivity contribution >= 4 is 46.5 Å². The van der Waals surface area contributed by atoms with Gasteiger partial charge >= 0.3 is 0 Å². The van der Waals surface area contributed by atoms with Crippen LogP contribution in [-0.4, -0.2) is 72.2 Å². The van der Waals surface area contributed by atoms with Crippen LogP contribution < -0.4 is 5.32 Å². The third-order valence-electron chi connectivity index (χ3n) is 7.96. The van der Waals surface area contributed by atoms with Gasteiger partial charge in [-0.05, 0) is 68.9 Å². The summed E-state index contributed by atoms with van der Waals surface area (Å²) in [6, 6.07) is 12.8. The zero-order chi connectivity index (χ0) is 27.2. The van der Waals surface area contributed by atoms with Crippen molar-refractivity contribution in [3.8, 4) is 0 Å². The topological polar surface area (TPSA) is 68.2 Å². The fourth-order valence-electron chi connectivity index (χ4n) is 6.25. The number of anilines is 1. The Bertz CT molecular complexity index is 1330. The number of nitrogens with one attached hydrogen (secondary N) is 1. The Balaban J connectivity index is 1.70. The monoisotopic (exact) mass is 553 g/mol. The van der Waals surface area contributed by atoms with Gasteiger partial charge in [-0.3, -0.25) is 9.59 Å². The molecule has 200 valence electrons. The minimum Gasteiger partial charge on any atom is -0.341 e. The number of nitrogens with zero attached hydrogens (tertiary/aromatic N) is 4. The first-order valence-electron chi connectivity index (χ1n) is 13.0. The fourth-order valence-corrected chi connectivity index (χ4v) is 6.62. The predicted molar refractivity (Wildman–Crippen MR) is 153 cm³/mol. The Morgan fingerprint density at radius 3 is 2.66 bits per heavy atom. The summed E-state index contributed by atoms with van der Waals surface area (Å²) in [7, 11) is 4.03. The minimum absolute atomic E-state index is 0.0764. The van der Waals surface area contributed by atoms with Crippen molar-refractivity contribution in [3.05, 3.63) is 75.8 Å². The molecule has 0 bridgehead atoms. The molecule has 9 heteroatoms. The Hall–Kier alpha value is -2.87. The maximum absolute atomic E-state index is 14.2. The van der Waals surface area contributed by atoms with Gasteiger partial charge in [0.15, 0.2) is 0 Å². The highest BCUT2D eigenvalue weighted by Gasteiger charge is 2.63. The molecule has 1 fully saturated rings. The second-order valence-corrected chi connectivity index (χ2v) is 11.4. The fraction of sp³-hybridized carbons (Fsp3) is 0.414. The number of amides is 2. The first-order valence-corrected chi connectivity index (χ1v) is 13.8. The standard InChI is InChI=1S/C29H33Cl2N5O2/c1-5-18(2)27-29(22-11-10-21(31)15-24(22)32-28(29)38)23(19-8-6-9-20(30)14-19)16-25-33-36(13-7-12-34(3)4)26(37)17-35(25)27/h6,8-11,14-15,23,27H,2,5,7,12-13,16-17H2,1,3-4H3,(H,32,38)/t23-,27+,29-/m0/s1. The van der Waals surface area contributed by atoms with Crippen LogP contribution in [0.4, 0.5) is 5.69 Å². The van der Waals surface area contributed by atoms with Crippen LogP contribution in [0.15, 0.2) is 59.7 Å². The number of hydrazone groups is 1. The van der Waals surface area contributed by atoms with E-state index in [-0.39, 0.29) is 24.3 Å². The SMILES string of the molecule is C=C(CC)[C@H]1N2CC(=O)N(CCCN(C)C)N=C2C[C@@H](c2cccc(Cl)c2)[C@]12C(=O)Nc1cc(Cl)ccc12. The number of hydrogen-bond donors (Lipinski definition) is 1. The van der Waals surface area contributed by atoms with Gasteiger partial charge < -0.3 is 15.1 Å². The van der Waals surface area contributed by atoms with Gasteiger partial charge in [0.2, 0.25) is 5.91 Å². The number of carbonyl (C=O) groups excluding carboxylic acids is 2. The predicted octanol–water partition coefficient (Wildman–Crippen LogP) is 5.12. The average molecular weight is 555 g/mol. The third kappa shape index (κ3) is 4.40. The molecule has 1 spiro atoms. The summed E-state index contributed by atoms with van der Waals surface area (Å²) < 4.78 is 0. The lowest BCUT2D eigenvalue weighted by molar-refractivity contribution is -0.135. The van der Waals surface area contributed by atoms with E-state index in [1.807, 2.05) is 62.3 Å². The van der Waals surface area contributed by atoms with E-state index in [0.717, 1.165) is 35.5 Å². The molecule has 3 atom stereocenters. The van der Waals surface area contributed by atoms with Crippen LogP contribution in [0.3, 0.4) is 0 Å². The van der Waals surface area contributed by atoms with Crippen LogP contribution in [0, 0.1) is 0 Å². The molecule has 0 unspecified atom stereocenters. The van der Waals surface area contributed by atoms with Gasteiger partial charge in [0.05, 0.1) is 6.04 Å². The number of benzene rings is 2. The van der Waals surface area contributed by atoms with Gasteiger partial charge in [0.25, 0.3) is 5.91 Å². The summed E-state index contributed by atoms with van der Waals surface area (Å²) in [5.41, 5.74) is 2.33. The maximum atomic E-state index is 14.2. The Morgan fingerprint density at radius 2 is 1.95 bits per heavy atom. The average Bonchev–Trinajstić information content (AvgIpc) is 3.14. The van der Waals surface area contributed by atoms with E-state index in [0.29, 0.717) is 35.1 Å². The van der Waals surface area contributed by atoms with E-state index >= 15 is 0 Å². The van der Waals surface area contributed by atoms with E-state index < -0.39 is 11.5 Å². The first kappa shape index (κ1) is 26.7. The minimum atomic E-state index is -1.04. The molecule has 38 heavy (non-hydrogen) atoms. The van der Waals surface area contributed by atoms with Crippen LogP contribution >= 0.6 is 23.2 Å². The number of halogens is 2. The van der Waals surface area contributed by atoms with Crippen molar-refractivity contribution in [1.82, 2.24) is 14.8 Å². The summed E-state index contributed by atoms with van der Waals surface area (Å²) in [6.07, 6.45) is 1.94. The van der Waals surface area contributed by atoms with Crippen LogP contribution in [0.5, 0.6) is 0 Å². The van der Waals surface area contributed by atoms with Gasteiger partial charge in [-0.1, -0.05) is 60.5 Å². The molecule has 0 saturated carbocycles. The van der Waals surface area contributed by atoms with Crippen LogP contribution in [0.2, 0.25) is 10.0 Å². The van der Waals surface area contributed by atoms with Crippen molar-refractivity contribution in [2.75, 3.05) is 39.0 Å². The molecule has 0 aromatic heterocycles. The molecule has 7 nitrogen and oxygen atoms in total. The molecule has 2 aromatic rings. The number of piperidine rings is 1. The number of carbonyl (C=O) groups is 2. The second-order valence-electron chi connectivity index (χ2n) is 10.6. The maximum Gasteiger partial charge on any atom is 0.262 e. The summed E-state index contributed by atoms with van der Waals surface area (Å²) in [4.78, 5) is 31.7. The molecule has 2 amide bonds. The first-order chi connectivity index (χ1) is 18.2. The molecule has 2 aromatic carbocycles. The van der Waals surface area contributed by atoms with Gasteiger partial charge in [-0.25, -0.2) is 5.01 Å². The van der Waals surface area contributed by atoms with E-state index in [4.69, 9.17) is 28.3 Å². The second kappa shape index (κ2) is 10.4. The molecule has 3 aliphatic heterocycles. The van der Waals surface area contributed by atoms with Gasteiger partial charge in [-0.15, -0.1) is 0 Å². The highest BCUT2D eigenvalue weighted by Crippen LogP contribution is 2.57. The Morgan fingerprint density at radius 1 is 1.18 bits per heavy atom. The van der Waals surface area contributed by atoms with E-state index in [9.17, 15) is 9.59 Å². The molecule has 0 aliphatic carbocycles. The number of rotatable bonds is 7. The van der Waals surface area contributed by atoms with E-state index in [2.05, 4.69) is 16.8 Å². The molecule has 1 saturated heterocycles. The van der Waals surface area contributed by atoms with Crippen molar-refractivity contribution < 1.29 is 9.59 Å². The molecule has 3 aliphatic rings. The number of amidine groups is 1. The van der Waals surface area contributed by atoms with Crippen molar-refractivity contribution in [2.24, 2.45) is 5.10 Å². The van der Waals surface area contributed by atoms with Crippen molar-refractivity contribution in [2.45, 2.75) is 43.6 Å². The summed E-state index contributed by atoms with van der Waals surface area (Å²) in [6.45, 7) is 8.01. The Labute approximate surface area is 234 Å². The van der Waals surface area contributed by atoms with Crippen LogP contribution in [0.25, 0.3) is 0 Å². The van der Waals surface area contributed by atoms with Gasteiger partial charge in [0, 0.05) is 34.6 Å². The zero-order valence-corrected chi connectivity index (χ0v) is 23.5. The van der Waals surface area contributed by atoms with Gasteiger partial charge in [-0.2, -0.15) is 5.10 Å². The lowest BCUT2D eigenvalue weighted by Crippen LogP contribution is -2.66. The molecule has 5 rings (SSSR count). The molecule has 3 heterocycles. The summed E-state index contributed by atoms with van der Waals surface area (Å²) in [5, 5.41) is 10.7. The smallest absolute Gasteiger partial charge is 0.262 e. The lowest BCUT2D eigenvalue weighted by atomic mass is 9.58. The molecule has 0 radical (unpaired) electrons. The van der Waals surface area contributed by atoms with Gasteiger partial charge in [0.1, 0.15) is 17.8 Å². The third-order valence-corrected chi connectivity index (χ3v) is 8.43.